The molecule has 3 rings (SSSR count). The van der Waals surface area contributed by atoms with Crippen LogP contribution in [0.5, 0.6) is 17.2 Å². The van der Waals surface area contributed by atoms with Crippen molar-refractivity contribution in [2.24, 2.45) is 0 Å². The molecule has 4 nitrogen and oxygen atoms in total. The maximum absolute atomic E-state index is 5.95. The van der Waals surface area contributed by atoms with Crippen molar-refractivity contribution < 1.29 is 14.2 Å². The molecule has 4 heteroatoms. The second-order valence-electron chi connectivity index (χ2n) is 5.30. The van der Waals surface area contributed by atoms with Gasteiger partial charge in [0.1, 0.15) is 5.75 Å². The number of rotatable bonds is 5. The van der Waals surface area contributed by atoms with Crippen molar-refractivity contribution in [3.63, 3.8) is 0 Å². The van der Waals surface area contributed by atoms with E-state index < -0.39 is 0 Å². The molecule has 0 radical (unpaired) electrons. The lowest BCUT2D eigenvalue weighted by atomic mass is 10.1. The Balaban J connectivity index is 1.70. The molecule has 0 bridgehead atoms. The fraction of sp³-hybridized carbons (Fsp3) is 0.333. The summed E-state index contributed by atoms with van der Waals surface area (Å²) < 4.78 is 17.0. The van der Waals surface area contributed by atoms with Crippen LogP contribution >= 0.6 is 0 Å². The largest absolute Gasteiger partial charge is 0.493 e. The summed E-state index contributed by atoms with van der Waals surface area (Å²) in [7, 11) is 1.64. The second kappa shape index (κ2) is 7.29. The maximum Gasteiger partial charge on any atom is 0.169 e. The van der Waals surface area contributed by atoms with Crippen molar-refractivity contribution in [2.45, 2.75) is 12.5 Å². The van der Waals surface area contributed by atoms with Gasteiger partial charge in [-0.05, 0) is 29.8 Å². The van der Waals surface area contributed by atoms with Crippen LogP contribution in [0.2, 0.25) is 0 Å². The van der Waals surface area contributed by atoms with Crippen LogP contribution in [0.3, 0.4) is 0 Å². The molecule has 116 valence electrons. The van der Waals surface area contributed by atoms with E-state index in [1.54, 1.807) is 7.11 Å². The van der Waals surface area contributed by atoms with Crippen molar-refractivity contribution in [3.05, 3.63) is 54.1 Å². The predicted octanol–water partition coefficient (Wildman–Crippen LogP) is 3.02. The second-order valence-corrected chi connectivity index (χ2v) is 5.30. The Morgan fingerprint density at radius 3 is 2.77 bits per heavy atom. The molecule has 0 spiro atoms. The molecule has 0 aliphatic carbocycles. The maximum atomic E-state index is 5.95. The molecule has 0 amide bonds. The number of nitrogens with one attached hydrogen (secondary N) is 1. The summed E-state index contributed by atoms with van der Waals surface area (Å²) in [5.74, 6) is 2.26. The van der Waals surface area contributed by atoms with E-state index in [9.17, 15) is 0 Å². The number of hydrogen-bond donors (Lipinski definition) is 1. The van der Waals surface area contributed by atoms with Gasteiger partial charge in [0.25, 0.3) is 0 Å². The van der Waals surface area contributed by atoms with Crippen molar-refractivity contribution in [2.75, 3.05) is 26.8 Å². The summed E-state index contributed by atoms with van der Waals surface area (Å²) >= 11 is 0. The van der Waals surface area contributed by atoms with Crippen LogP contribution in [0.25, 0.3) is 0 Å². The molecule has 0 aromatic heterocycles. The van der Waals surface area contributed by atoms with Gasteiger partial charge < -0.3 is 19.5 Å². The fourth-order valence-corrected chi connectivity index (χ4v) is 2.58. The molecule has 22 heavy (non-hydrogen) atoms. The molecule has 1 aliphatic heterocycles. The Bertz CT molecular complexity index is 609. The highest BCUT2D eigenvalue weighted by atomic mass is 16.5. The van der Waals surface area contributed by atoms with Gasteiger partial charge in [0.2, 0.25) is 0 Å². The topological polar surface area (TPSA) is 39.7 Å². The minimum absolute atomic E-state index is 0.232. The summed E-state index contributed by atoms with van der Waals surface area (Å²) in [5.41, 5.74) is 1.21. The van der Waals surface area contributed by atoms with Gasteiger partial charge in [-0.15, -0.1) is 0 Å². The zero-order valence-corrected chi connectivity index (χ0v) is 12.7. The lowest BCUT2D eigenvalue weighted by Crippen LogP contribution is -2.39. The minimum atomic E-state index is 0.232. The first-order valence-electron chi connectivity index (χ1n) is 7.57. The van der Waals surface area contributed by atoms with E-state index in [4.69, 9.17) is 14.2 Å². The van der Waals surface area contributed by atoms with Crippen LogP contribution < -0.4 is 14.8 Å². The average Bonchev–Trinajstić information content (AvgIpc) is 2.57. The SMILES string of the molecule is COc1ccccc1Oc1cccc(CC2CNCCO2)c1. The summed E-state index contributed by atoms with van der Waals surface area (Å²) in [4.78, 5) is 0. The van der Waals surface area contributed by atoms with Gasteiger partial charge in [0, 0.05) is 19.5 Å². The number of para-hydroxylation sites is 2. The molecule has 1 atom stereocenters. The van der Waals surface area contributed by atoms with E-state index in [0.717, 1.165) is 43.4 Å². The smallest absolute Gasteiger partial charge is 0.169 e. The first-order chi connectivity index (χ1) is 10.8. The Labute approximate surface area is 131 Å². The third kappa shape index (κ3) is 3.78. The highest BCUT2D eigenvalue weighted by Crippen LogP contribution is 2.31. The van der Waals surface area contributed by atoms with Gasteiger partial charge in [-0.1, -0.05) is 24.3 Å². The highest BCUT2D eigenvalue weighted by molar-refractivity contribution is 5.43. The van der Waals surface area contributed by atoms with Gasteiger partial charge in [-0.2, -0.15) is 0 Å². The monoisotopic (exact) mass is 299 g/mol. The van der Waals surface area contributed by atoms with Gasteiger partial charge in [0.05, 0.1) is 19.8 Å². The first kappa shape index (κ1) is 14.9. The Morgan fingerprint density at radius 2 is 2.00 bits per heavy atom. The number of ether oxygens (including phenoxy) is 3. The summed E-state index contributed by atoms with van der Waals surface area (Å²) in [6, 6.07) is 15.8. The molecule has 0 saturated carbocycles. The number of methoxy groups -OCH3 is 1. The van der Waals surface area contributed by atoms with Gasteiger partial charge in [-0.25, -0.2) is 0 Å². The normalized spacial score (nSPS) is 18.0. The zero-order chi connectivity index (χ0) is 15.2. The average molecular weight is 299 g/mol. The third-order valence-corrected chi connectivity index (χ3v) is 3.66. The molecule has 1 N–H and O–H groups in total. The van der Waals surface area contributed by atoms with E-state index in [2.05, 4.69) is 17.4 Å². The van der Waals surface area contributed by atoms with Crippen molar-refractivity contribution >= 4 is 0 Å². The van der Waals surface area contributed by atoms with Crippen LogP contribution in [-0.4, -0.2) is 32.9 Å². The Morgan fingerprint density at radius 1 is 1.14 bits per heavy atom. The Hall–Kier alpha value is -2.04. The Kier molecular flexibility index (Phi) is 4.93. The van der Waals surface area contributed by atoms with Gasteiger partial charge in [0.15, 0.2) is 11.5 Å². The zero-order valence-electron chi connectivity index (χ0n) is 12.7. The van der Waals surface area contributed by atoms with Crippen molar-refractivity contribution in [1.29, 1.82) is 0 Å². The van der Waals surface area contributed by atoms with Gasteiger partial charge >= 0.3 is 0 Å². The fourth-order valence-electron chi connectivity index (χ4n) is 2.58. The molecule has 2 aromatic carbocycles. The van der Waals surface area contributed by atoms with E-state index >= 15 is 0 Å². The predicted molar refractivity (Wildman–Crippen MR) is 85.8 cm³/mol. The van der Waals surface area contributed by atoms with Crippen molar-refractivity contribution in [1.82, 2.24) is 5.32 Å². The van der Waals surface area contributed by atoms with Crippen molar-refractivity contribution in [3.8, 4) is 17.2 Å². The number of benzene rings is 2. The standard InChI is InChI=1S/C18H21NO3/c1-20-17-7-2-3-8-18(17)22-15-6-4-5-14(11-15)12-16-13-19-9-10-21-16/h2-8,11,16,19H,9-10,12-13H2,1H3. The minimum Gasteiger partial charge on any atom is -0.493 e. The van der Waals surface area contributed by atoms with Crippen LogP contribution in [0.15, 0.2) is 48.5 Å². The third-order valence-electron chi connectivity index (χ3n) is 3.66. The molecular formula is C18H21NO3. The quantitative estimate of drug-likeness (QED) is 0.921. The molecule has 1 heterocycles. The summed E-state index contributed by atoms with van der Waals surface area (Å²) in [5, 5.41) is 3.35. The van der Waals surface area contributed by atoms with Crippen LogP contribution in [-0.2, 0) is 11.2 Å². The summed E-state index contributed by atoms with van der Waals surface area (Å²) in [6.07, 6.45) is 1.12. The lowest BCUT2D eigenvalue weighted by Gasteiger charge is -2.23. The van der Waals surface area contributed by atoms with Crippen LogP contribution in [0, 0.1) is 0 Å². The van der Waals surface area contributed by atoms with Crippen LogP contribution in [0.1, 0.15) is 5.56 Å². The van der Waals surface area contributed by atoms with E-state index in [1.165, 1.54) is 5.56 Å². The number of hydrogen-bond acceptors (Lipinski definition) is 4. The van der Waals surface area contributed by atoms with E-state index in [1.807, 2.05) is 36.4 Å². The molecule has 2 aromatic rings. The molecular weight excluding hydrogens is 278 g/mol. The molecule has 1 fully saturated rings. The summed E-state index contributed by atoms with van der Waals surface area (Å²) in [6.45, 7) is 2.62. The first-order valence-corrected chi connectivity index (χ1v) is 7.57. The molecule has 1 aliphatic rings. The lowest BCUT2D eigenvalue weighted by molar-refractivity contribution is 0.0292. The molecule has 1 saturated heterocycles. The van der Waals surface area contributed by atoms with Crippen LogP contribution in [0.4, 0.5) is 0 Å². The van der Waals surface area contributed by atoms with E-state index in [0.29, 0.717) is 0 Å². The van der Waals surface area contributed by atoms with Gasteiger partial charge in [-0.3, -0.25) is 0 Å². The van der Waals surface area contributed by atoms with E-state index in [-0.39, 0.29) is 6.10 Å². The number of morpholine rings is 1. The molecule has 1 unspecified atom stereocenters. The highest BCUT2D eigenvalue weighted by Gasteiger charge is 2.14.